The van der Waals surface area contributed by atoms with Crippen LogP contribution in [0.25, 0.3) is 10.8 Å². The number of nitrogens with zero attached hydrogens (tertiary/aromatic N) is 8. The molecule has 10 nitrogen and oxygen atoms in total. The van der Waals surface area contributed by atoms with E-state index in [-0.39, 0.29) is 24.4 Å². The molecule has 4 atom stereocenters. The first kappa shape index (κ1) is 38.9. The second kappa shape index (κ2) is 16.3. The number of hydrogen-bond acceptors (Lipinski definition) is 9. The number of amides is 1. The van der Waals surface area contributed by atoms with E-state index in [2.05, 4.69) is 149 Å². The van der Waals surface area contributed by atoms with Crippen LogP contribution in [0.3, 0.4) is 0 Å². The van der Waals surface area contributed by atoms with Gasteiger partial charge in [-0.2, -0.15) is 15.2 Å². The van der Waals surface area contributed by atoms with Gasteiger partial charge in [0.25, 0.3) is 0 Å². The fourth-order valence-corrected chi connectivity index (χ4v) is 10.4. The Morgan fingerprint density at radius 3 is 2.11 bits per heavy atom. The van der Waals surface area contributed by atoms with Crippen LogP contribution in [-0.4, -0.2) is 95.2 Å². The second-order valence-corrected chi connectivity index (χ2v) is 17.1. The van der Waals surface area contributed by atoms with Crippen LogP contribution in [0.2, 0.25) is 0 Å². The van der Waals surface area contributed by atoms with E-state index >= 15 is 4.79 Å². The number of carbonyl (C=O) groups is 1. The molecule has 1 amide bonds. The van der Waals surface area contributed by atoms with Crippen molar-refractivity contribution < 1.29 is 9.53 Å². The van der Waals surface area contributed by atoms with Crippen LogP contribution < -0.4 is 14.5 Å². The predicted octanol–water partition coefficient (Wildman–Crippen LogP) is 7.54. The highest BCUT2D eigenvalue weighted by atomic mass is 16.5. The van der Waals surface area contributed by atoms with Crippen LogP contribution in [0.1, 0.15) is 52.8 Å². The summed E-state index contributed by atoms with van der Waals surface area (Å²) in [4.78, 5) is 36.6. The zero-order valence-corrected chi connectivity index (χ0v) is 35.0. The molecule has 0 N–H and O–H groups in total. The summed E-state index contributed by atoms with van der Waals surface area (Å²) >= 11 is 0. The molecule has 1 aromatic heterocycles. The number of aromatic nitrogens is 2. The summed E-state index contributed by atoms with van der Waals surface area (Å²) in [5.41, 5.74) is 7.13. The molecular formula is C51H52N8O2. The highest BCUT2D eigenvalue weighted by Gasteiger charge is 2.58. The van der Waals surface area contributed by atoms with Crippen LogP contribution >= 0.6 is 0 Å². The average Bonchev–Trinajstić information content (AvgIpc) is 3.81. The fraction of sp³-hybridized carbons (Fsp3) is 0.333. The lowest BCUT2D eigenvalue weighted by molar-refractivity contribution is -0.132. The lowest BCUT2D eigenvalue weighted by atomic mass is 9.76. The first-order valence-corrected chi connectivity index (χ1v) is 21.8. The number of hydrogen-bond donors (Lipinski definition) is 0. The number of ether oxygens (including phenoxy) is 1. The highest BCUT2D eigenvalue weighted by molar-refractivity contribution is 5.97. The maximum Gasteiger partial charge on any atom is 0.318 e. The molecule has 10 heteroatoms. The van der Waals surface area contributed by atoms with Crippen molar-refractivity contribution in [2.24, 2.45) is 0 Å². The molecule has 0 spiro atoms. The summed E-state index contributed by atoms with van der Waals surface area (Å²) in [5.74, 6) is 0.850. The Balaban J connectivity index is 0.984. The molecule has 3 saturated heterocycles. The third kappa shape index (κ3) is 7.05. The zero-order valence-electron chi connectivity index (χ0n) is 35.0. The topological polar surface area (TPSA) is 91.8 Å². The highest BCUT2D eigenvalue weighted by Crippen LogP contribution is 2.49. The number of nitriles is 1. The Kier molecular flexibility index (Phi) is 10.4. The van der Waals surface area contributed by atoms with Crippen LogP contribution in [0, 0.1) is 18.3 Å². The summed E-state index contributed by atoms with van der Waals surface area (Å²) in [6.45, 7) is 6.62. The Labute approximate surface area is 358 Å². The van der Waals surface area contributed by atoms with E-state index in [4.69, 9.17) is 14.7 Å². The Morgan fingerprint density at radius 2 is 1.48 bits per heavy atom. The monoisotopic (exact) mass is 808 g/mol. The minimum atomic E-state index is -0.686. The van der Waals surface area contributed by atoms with Gasteiger partial charge in [0.2, 0.25) is 5.91 Å². The van der Waals surface area contributed by atoms with Gasteiger partial charge in [0, 0.05) is 42.3 Å². The number of likely N-dealkylation sites (N-methyl/N-ethyl adjacent to an activating group) is 1. The van der Waals surface area contributed by atoms with Crippen molar-refractivity contribution in [3.63, 3.8) is 0 Å². The molecule has 5 aromatic carbocycles. The molecule has 5 heterocycles. The number of anilines is 2. The summed E-state index contributed by atoms with van der Waals surface area (Å²) < 4.78 is 6.48. The molecule has 0 bridgehead atoms. The molecular weight excluding hydrogens is 757 g/mol. The van der Waals surface area contributed by atoms with Crippen molar-refractivity contribution in [2.75, 3.05) is 56.3 Å². The third-order valence-corrected chi connectivity index (χ3v) is 13.5. The van der Waals surface area contributed by atoms with Gasteiger partial charge < -0.3 is 24.3 Å². The van der Waals surface area contributed by atoms with Crippen molar-refractivity contribution in [1.82, 2.24) is 24.7 Å². The summed E-state index contributed by atoms with van der Waals surface area (Å²) in [5, 5.41) is 12.6. The zero-order chi connectivity index (χ0) is 41.5. The normalized spacial score (nSPS) is 21.4. The molecule has 1 unspecified atom stereocenters. The molecule has 6 aromatic rings. The second-order valence-electron chi connectivity index (χ2n) is 17.1. The standard InChI is InChI=1S/C51H52N8O2/c1-36-15-12-16-37-17-13-25-45(47(36)37)56-30-27-43-44(32-56)53-50(61-34-42-24-14-29-55(42)2)54-48(43)57-31-41(26-28-52)58(35-57)49(60)46-33-59(46)51(38-18-6-3-7-19-38,39-20-8-4-9-21-39)40-22-10-5-11-23-40/h3-13,15-23,25,41-42,46H,14,24,26-27,29-35H2,1-2H3/t41-,42-,46+,59?/m0/s1. The van der Waals surface area contributed by atoms with E-state index in [1.165, 1.54) is 22.0 Å². The lowest BCUT2D eigenvalue weighted by Crippen LogP contribution is -2.44. The molecule has 0 aliphatic carbocycles. The van der Waals surface area contributed by atoms with Gasteiger partial charge in [0.1, 0.15) is 18.5 Å². The molecule has 10 rings (SSSR count). The average molecular weight is 809 g/mol. The molecule has 61 heavy (non-hydrogen) atoms. The van der Waals surface area contributed by atoms with E-state index in [1.54, 1.807) is 0 Å². The summed E-state index contributed by atoms with van der Waals surface area (Å²) in [6.07, 6.45) is 3.21. The minimum absolute atomic E-state index is 0.0380. The molecule has 4 aliphatic heterocycles. The van der Waals surface area contributed by atoms with E-state index in [1.807, 2.05) is 23.1 Å². The SMILES string of the molecule is Cc1cccc2cccc(N3CCc4c(nc(OC[C@@H]5CCCN5C)nc4N4C[C@H](CC#N)N(C(=O)[C@H]5CN5C(c5ccccc5)(c5ccccc5)c5ccccc5)C4)C3)c12. The number of benzene rings is 5. The van der Waals surface area contributed by atoms with Crippen molar-refractivity contribution in [2.45, 2.75) is 62.8 Å². The van der Waals surface area contributed by atoms with Crippen molar-refractivity contribution in [1.29, 1.82) is 5.26 Å². The van der Waals surface area contributed by atoms with Crippen molar-refractivity contribution in [3.8, 4) is 12.1 Å². The number of aryl methyl sites for hydroxylation is 1. The summed E-state index contributed by atoms with van der Waals surface area (Å²) in [6, 6.07) is 47.0. The fourth-order valence-electron chi connectivity index (χ4n) is 10.4. The van der Waals surface area contributed by atoms with Gasteiger partial charge in [-0.05, 0) is 73.5 Å². The summed E-state index contributed by atoms with van der Waals surface area (Å²) in [7, 11) is 2.15. The van der Waals surface area contributed by atoms with Gasteiger partial charge in [0.15, 0.2) is 0 Å². The smallest absolute Gasteiger partial charge is 0.318 e. The largest absolute Gasteiger partial charge is 0.462 e. The predicted molar refractivity (Wildman–Crippen MR) is 239 cm³/mol. The number of fused-ring (bicyclic) bond motifs is 2. The number of likely N-dealkylation sites (tertiary alicyclic amines) is 1. The van der Waals surface area contributed by atoms with Crippen LogP contribution in [-0.2, 0) is 23.3 Å². The molecule has 0 saturated carbocycles. The van der Waals surface area contributed by atoms with Crippen LogP contribution in [0.4, 0.5) is 11.5 Å². The van der Waals surface area contributed by atoms with Crippen molar-refractivity contribution in [3.05, 3.63) is 161 Å². The Hall–Kier alpha value is -6.28. The van der Waals surface area contributed by atoms with Crippen LogP contribution in [0.15, 0.2) is 127 Å². The van der Waals surface area contributed by atoms with Gasteiger partial charge in [-0.3, -0.25) is 9.69 Å². The maximum absolute atomic E-state index is 15.1. The van der Waals surface area contributed by atoms with Crippen molar-refractivity contribution >= 4 is 28.2 Å². The quantitative estimate of drug-likeness (QED) is 0.0974. The van der Waals surface area contributed by atoms with E-state index in [0.29, 0.717) is 45.0 Å². The maximum atomic E-state index is 15.1. The van der Waals surface area contributed by atoms with Gasteiger partial charge in [-0.25, -0.2) is 0 Å². The van der Waals surface area contributed by atoms with Gasteiger partial charge in [-0.1, -0.05) is 121 Å². The molecule has 3 fully saturated rings. The van der Waals surface area contributed by atoms with Gasteiger partial charge in [-0.15, -0.1) is 0 Å². The third-order valence-electron chi connectivity index (χ3n) is 13.5. The van der Waals surface area contributed by atoms with Crippen LogP contribution in [0.5, 0.6) is 6.01 Å². The first-order chi connectivity index (χ1) is 29.9. The number of carbonyl (C=O) groups excluding carboxylic acids is 1. The lowest BCUT2D eigenvalue weighted by Gasteiger charge is -2.38. The van der Waals surface area contributed by atoms with Gasteiger partial charge in [0.05, 0.1) is 43.0 Å². The molecule has 0 radical (unpaired) electrons. The van der Waals surface area contributed by atoms with E-state index < -0.39 is 5.54 Å². The van der Waals surface area contributed by atoms with E-state index in [9.17, 15) is 5.26 Å². The molecule has 4 aliphatic rings. The Morgan fingerprint density at radius 1 is 0.803 bits per heavy atom. The van der Waals surface area contributed by atoms with Gasteiger partial charge >= 0.3 is 6.01 Å². The first-order valence-electron chi connectivity index (χ1n) is 21.8. The van der Waals surface area contributed by atoms with E-state index in [0.717, 1.165) is 66.1 Å². The Bertz CT molecular complexity index is 2480. The minimum Gasteiger partial charge on any atom is -0.462 e. The molecule has 308 valence electrons. The number of rotatable bonds is 11.